The number of aromatic nitrogens is 3. The Labute approximate surface area is 106 Å². The van der Waals surface area contributed by atoms with Crippen molar-refractivity contribution >= 4 is 34.1 Å². The second-order valence-corrected chi connectivity index (χ2v) is 4.43. The number of nitrogens with zero attached hydrogens (tertiary/aromatic N) is 2. The number of aromatic amines is 1. The first-order valence-electron chi connectivity index (χ1n) is 5.28. The summed E-state index contributed by atoms with van der Waals surface area (Å²) in [4.78, 5) is 29.9. The topological polar surface area (TPSA) is 67.2 Å². The number of ketones is 1. The summed E-state index contributed by atoms with van der Waals surface area (Å²) in [6, 6.07) is 5.15. The van der Waals surface area contributed by atoms with Gasteiger partial charge in [0.25, 0.3) is 5.56 Å². The molecule has 1 aromatic carbocycles. The number of imidazole rings is 1. The highest BCUT2D eigenvalue weighted by Gasteiger charge is 2.11. The highest BCUT2D eigenvalue weighted by Crippen LogP contribution is 2.17. The van der Waals surface area contributed by atoms with E-state index in [0.717, 1.165) is 5.52 Å². The SMILES string of the molecule is CC(=O)c1cn2c(n1)c(=O)[nH]c1cc(Cl)ccc12. The molecule has 0 saturated carbocycles. The van der Waals surface area contributed by atoms with Gasteiger partial charge in [-0.15, -0.1) is 0 Å². The monoisotopic (exact) mass is 261 g/mol. The predicted octanol–water partition coefficient (Wildman–Crippen LogP) is 2.03. The molecule has 6 heteroatoms. The van der Waals surface area contributed by atoms with Crippen molar-refractivity contribution in [1.82, 2.24) is 14.4 Å². The maximum absolute atomic E-state index is 11.8. The lowest BCUT2D eigenvalue weighted by Gasteiger charge is -2.01. The number of fused-ring (bicyclic) bond motifs is 3. The third-order valence-corrected chi connectivity index (χ3v) is 2.97. The fourth-order valence-corrected chi connectivity index (χ4v) is 2.06. The van der Waals surface area contributed by atoms with Gasteiger partial charge in [0.15, 0.2) is 5.78 Å². The molecule has 0 fully saturated rings. The van der Waals surface area contributed by atoms with Gasteiger partial charge in [-0.1, -0.05) is 11.6 Å². The van der Waals surface area contributed by atoms with Crippen molar-refractivity contribution in [3.05, 3.63) is 45.5 Å². The number of Topliss-reactive ketones (excluding diaryl/α,β-unsaturated/α-hetero) is 1. The summed E-state index contributed by atoms with van der Waals surface area (Å²) in [5.74, 6) is -0.180. The molecule has 0 spiro atoms. The number of rotatable bonds is 1. The first kappa shape index (κ1) is 11.0. The van der Waals surface area contributed by atoms with E-state index < -0.39 is 0 Å². The van der Waals surface area contributed by atoms with E-state index in [1.807, 2.05) is 0 Å². The Balaban J connectivity index is 2.53. The molecular weight excluding hydrogens is 254 g/mol. The van der Waals surface area contributed by atoms with Crippen LogP contribution < -0.4 is 5.56 Å². The van der Waals surface area contributed by atoms with Gasteiger partial charge >= 0.3 is 0 Å². The Bertz CT molecular complexity index is 848. The van der Waals surface area contributed by atoms with Crippen LogP contribution in [0.15, 0.2) is 29.2 Å². The molecule has 0 aliphatic rings. The molecular formula is C12H8ClN3O2. The first-order valence-corrected chi connectivity index (χ1v) is 5.65. The third kappa shape index (κ3) is 1.52. The largest absolute Gasteiger partial charge is 0.317 e. The molecule has 2 heterocycles. The zero-order valence-electron chi connectivity index (χ0n) is 9.40. The molecule has 0 unspecified atom stereocenters. The van der Waals surface area contributed by atoms with Gasteiger partial charge < -0.3 is 4.98 Å². The van der Waals surface area contributed by atoms with Gasteiger partial charge in [0.2, 0.25) is 5.65 Å². The van der Waals surface area contributed by atoms with Crippen molar-refractivity contribution in [2.24, 2.45) is 0 Å². The van der Waals surface area contributed by atoms with Gasteiger partial charge in [-0.05, 0) is 18.2 Å². The number of hydrogen-bond donors (Lipinski definition) is 1. The molecule has 0 saturated heterocycles. The fourth-order valence-electron chi connectivity index (χ4n) is 1.89. The van der Waals surface area contributed by atoms with Crippen molar-refractivity contribution in [3.63, 3.8) is 0 Å². The van der Waals surface area contributed by atoms with Gasteiger partial charge in [0.05, 0.1) is 11.0 Å². The minimum absolute atomic E-state index is 0.180. The molecule has 0 amide bonds. The Kier molecular flexibility index (Phi) is 2.24. The molecule has 0 atom stereocenters. The summed E-state index contributed by atoms with van der Waals surface area (Å²) in [5.41, 5.74) is 1.47. The van der Waals surface area contributed by atoms with E-state index in [2.05, 4.69) is 9.97 Å². The molecule has 0 radical (unpaired) electrons. The van der Waals surface area contributed by atoms with Crippen LogP contribution in [0.1, 0.15) is 17.4 Å². The maximum atomic E-state index is 11.8. The van der Waals surface area contributed by atoms with Crippen LogP contribution in [-0.2, 0) is 0 Å². The molecule has 90 valence electrons. The van der Waals surface area contributed by atoms with Crippen LogP contribution in [0.5, 0.6) is 0 Å². The van der Waals surface area contributed by atoms with E-state index in [0.29, 0.717) is 10.5 Å². The van der Waals surface area contributed by atoms with Crippen molar-refractivity contribution in [2.75, 3.05) is 0 Å². The van der Waals surface area contributed by atoms with Crippen molar-refractivity contribution in [1.29, 1.82) is 0 Å². The normalized spacial score (nSPS) is 11.2. The summed E-state index contributed by atoms with van der Waals surface area (Å²) in [6.07, 6.45) is 1.56. The van der Waals surface area contributed by atoms with Crippen LogP contribution in [-0.4, -0.2) is 20.2 Å². The maximum Gasteiger partial charge on any atom is 0.292 e. The van der Waals surface area contributed by atoms with Crippen LogP contribution >= 0.6 is 11.6 Å². The summed E-state index contributed by atoms with van der Waals surface area (Å²) in [6.45, 7) is 1.41. The molecule has 3 aromatic rings. The predicted molar refractivity (Wildman–Crippen MR) is 68.3 cm³/mol. The van der Waals surface area contributed by atoms with Crippen LogP contribution in [0.25, 0.3) is 16.7 Å². The van der Waals surface area contributed by atoms with E-state index in [1.54, 1.807) is 28.8 Å². The third-order valence-electron chi connectivity index (χ3n) is 2.74. The highest BCUT2D eigenvalue weighted by molar-refractivity contribution is 6.31. The number of carbonyl (C=O) groups is 1. The van der Waals surface area contributed by atoms with Crippen LogP contribution in [0.3, 0.4) is 0 Å². The quantitative estimate of drug-likeness (QED) is 0.682. The van der Waals surface area contributed by atoms with E-state index >= 15 is 0 Å². The van der Waals surface area contributed by atoms with Crippen LogP contribution in [0.4, 0.5) is 0 Å². The number of halogens is 1. The van der Waals surface area contributed by atoms with Crippen LogP contribution in [0.2, 0.25) is 5.02 Å². The Morgan fingerprint density at radius 2 is 2.22 bits per heavy atom. The Hall–Kier alpha value is -2.14. The highest BCUT2D eigenvalue weighted by atomic mass is 35.5. The van der Waals surface area contributed by atoms with Gasteiger partial charge in [-0.3, -0.25) is 14.0 Å². The standard InChI is InChI=1S/C12H8ClN3O2/c1-6(17)9-5-16-10-3-2-7(13)4-8(10)15-12(18)11(16)14-9/h2-5H,1H3,(H,15,18). The fraction of sp³-hybridized carbons (Fsp3) is 0.0833. The number of H-pyrrole nitrogens is 1. The number of hydrogen-bond acceptors (Lipinski definition) is 3. The van der Waals surface area contributed by atoms with E-state index in [9.17, 15) is 9.59 Å². The molecule has 0 aliphatic heterocycles. The van der Waals surface area contributed by atoms with Gasteiger partial charge in [0.1, 0.15) is 5.69 Å². The first-order chi connectivity index (χ1) is 8.56. The summed E-state index contributed by atoms with van der Waals surface area (Å²) < 4.78 is 1.60. The molecule has 3 rings (SSSR count). The summed E-state index contributed by atoms with van der Waals surface area (Å²) >= 11 is 5.88. The summed E-state index contributed by atoms with van der Waals surface area (Å²) in [7, 11) is 0. The Morgan fingerprint density at radius 3 is 2.94 bits per heavy atom. The molecule has 1 N–H and O–H groups in total. The van der Waals surface area contributed by atoms with Gasteiger partial charge in [-0.2, -0.15) is 0 Å². The average molecular weight is 262 g/mol. The smallest absolute Gasteiger partial charge is 0.292 e. The van der Waals surface area contributed by atoms with E-state index in [4.69, 9.17) is 11.6 Å². The molecule has 2 aromatic heterocycles. The minimum atomic E-state index is -0.350. The lowest BCUT2D eigenvalue weighted by molar-refractivity contribution is 0.101. The van der Waals surface area contributed by atoms with Crippen molar-refractivity contribution in [3.8, 4) is 0 Å². The second kappa shape index (κ2) is 3.68. The lowest BCUT2D eigenvalue weighted by Crippen LogP contribution is -2.10. The molecule has 0 aliphatic carbocycles. The lowest BCUT2D eigenvalue weighted by atomic mass is 10.3. The van der Waals surface area contributed by atoms with Crippen molar-refractivity contribution in [2.45, 2.75) is 6.92 Å². The average Bonchev–Trinajstić information content (AvgIpc) is 2.74. The number of carbonyl (C=O) groups excluding carboxylic acids is 1. The zero-order valence-corrected chi connectivity index (χ0v) is 10.2. The Morgan fingerprint density at radius 1 is 1.44 bits per heavy atom. The van der Waals surface area contributed by atoms with E-state index in [1.165, 1.54) is 6.92 Å². The van der Waals surface area contributed by atoms with Gasteiger partial charge in [-0.25, -0.2) is 4.98 Å². The molecule has 5 nitrogen and oxygen atoms in total. The van der Waals surface area contributed by atoms with Gasteiger partial charge in [0, 0.05) is 18.1 Å². The number of nitrogens with one attached hydrogen (secondary N) is 1. The zero-order chi connectivity index (χ0) is 12.9. The molecule has 0 bridgehead atoms. The van der Waals surface area contributed by atoms with Crippen LogP contribution in [0, 0.1) is 0 Å². The molecule has 18 heavy (non-hydrogen) atoms. The van der Waals surface area contributed by atoms with E-state index in [-0.39, 0.29) is 22.7 Å². The van der Waals surface area contributed by atoms with Crippen molar-refractivity contribution < 1.29 is 4.79 Å². The number of benzene rings is 1. The summed E-state index contributed by atoms with van der Waals surface area (Å²) in [5, 5.41) is 0.532. The minimum Gasteiger partial charge on any atom is -0.317 e. The second-order valence-electron chi connectivity index (χ2n) is 3.99.